The van der Waals surface area contributed by atoms with Gasteiger partial charge in [-0.15, -0.1) is 0 Å². The summed E-state index contributed by atoms with van der Waals surface area (Å²) >= 11 is 0. The second-order valence-electron chi connectivity index (χ2n) is 8.20. The highest BCUT2D eigenvalue weighted by atomic mass is 32.2. The third-order valence-electron chi connectivity index (χ3n) is 6.09. The van der Waals surface area contributed by atoms with Crippen molar-refractivity contribution in [2.45, 2.75) is 69.0 Å². The van der Waals surface area contributed by atoms with Crippen molar-refractivity contribution in [1.29, 1.82) is 0 Å². The molecule has 6 heteroatoms. The van der Waals surface area contributed by atoms with Gasteiger partial charge in [-0.1, -0.05) is 61.2 Å². The van der Waals surface area contributed by atoms with Gasteiger partial charge in [-0.25, -0.2) is 8.42 Å². The first-order valence-electron chi connectivity index (χ1n) is 10.4. The normalized spacial score (nSPS) is 20.8. The van der Waals surface area contributed by atoms with E-state index in [1.807, 2.05) is 31.2 Å². The summed E-state index contributed by atoms with van der Waals surface area (Å²) in [5.41, 5.74) is 3.01. The fourth-order valence-corrected chi connectivity index (χ4v) is 5.93. The van der Waals surface area contributed by atoms with Crippen LogP contribution in [0.1, 0.15) is 48.8 Å². The number of benzene rings is 2. The Morgan fingerprint density at radius 2 is 1.62 bits per heavy atom. The lowest BCUT2D eigenvalue weighted by Crippen LogP contribution is -2.54. The van der Waals surface area contributed by atoms with Crippen LogP contribution in [0.5, 0.6) is 0 Å². The second kappa shape index (κ2) is 8.28. The lowest BCUT2D eigenvalue weighted by Gasteiger charge is -2.36. The molecular formula is C23H28N2O3S. The maximum atomic E-state index is 13.5. The molecule has 154 valence electrons. The number of carbonyl (C=O) groups is 1. The zero-order valence-corrected chi connectivity index (χ0v) is 17.6. The molecule has 2 aromatic carbocycles. The number of fused-ring (bicyclic) bond motifs is 1. The molecule has 1 aliphatic carbocycles. The summed E-state index contributed by atoms with van der Waals surface area (Å²) in [5.74, 6) is -0.179. The molecule has 2 aliphatic rings. The minimum Gasteiger partial charge on any atom is -0.352 e. The van der Waals surface area contributed by atoms with Crippen LogP contribution in [-0.2, 0) is 27.8 Å². The van der Waals surface area contributed by atoms with Crippen molar-refractivity contribution >= 4 is 15.9 Å². The third kappa shape index (κ3) is 4.23. The Labute approximate surface area is 173 Å². The Bertz CT molecular complexity index is 979. The van der Waals surface area contributed by atoms with Gasteiger partial charge in [0.15, 0.2) is 0 Å². The van der Waals surface area contributed by atoms with Gasteiger partial charge in [0.25, 0.3) is 0 Å². The van der Waals surface area contributed by atoms with Crippen molar-refractivity contribution in [3.8, 4) is 0 Å². The van der Waals surface area contributed by atoms with Crippen LogP contribution >= 0.6 is 0 Å². The number of hydrogen-bond donors (Lipinski definition) is 1. The molecule has 1 fully saturated rings. The number of amides is 1. The third-order valence-corrected chi connectivity index (χ3v) is 7.96. The predicted octanol–water partition coefficient (Wildman–Crippen LogP) is 3.56. The van der Waals surface area contributed by atoms with E-state index in [1.165, 1.54) is 10.7 Å². The molecule has 4 rings (SSSR count). The Morgan fingerprint density at radius 3 is 2.31 bits per heavy atom. The van der Waals surface area contributed by atoms with E-state index in [2.05, 4.69) is 5.32 Å². The van der Waals surface area contributed by atoms with Crippen LogP contribution in [0, 0.1) is 6.92 Å². The monoisotopic (exact) mass is 412 g/mol. The maximum absolute atomic E-state index is 13.5. The van der Waals surface area contributed by atoms with E-state index in [4.69, 9.17) is 0 Å². The largest absolute Gasteiger partial charge is 0.352 e. The summed E-state index contributed by atoms with van der Waals surface area (Å²) in [6.07, 6.45) is 5.78. The summed E-state index contributed by atoms with van der Waals surface area (Å²) in [6.45, 7) is 2.14. The average Bonchev–Trinajstić information content (AvgIpc) is 2.74. The van der Waals surface area contributed by atoms with Crippen LogP contribution in [0.4, 0.5) is 0 Å². The predicted molar refractivity (Wildman–Crippen MR) is 113 cm³/mol. The number of carbonyl (C=O) groups excluding carboxylic acids is 1. The van der Waals surface area contributed by atoms with Crippen molar-refractivity contribution in [2.24, 2.45) is 0 Å². The molecule has 1 atom stereocenters. The van der Waals surface area contributed by atoms with Crippen LogP contribution in [-0.4, -0.2) is 30.7 Å². The average molecular weight is 413 g/mol. The molecule has 1 aliphatic heterocycles. The van der Waals surface area contributed by atoms with Crippen molar-refractivity contribution in [1.82, 2.24) is 9.62 Å². The summed E-state index contributed by atoms with van der Waals surface area (Å²) in [7, 11) is -3.78. The lowest BCUT2D eigenvalue weighted by atomic mass is 9.93. The second-order valence-corrected chi connectivity index (χ2v) is 10.1. The minimum atomic E-state index is -3.78. The van der Waals surface area contributed by atoms with Gasteiger partial charge in [0.05, 0.1) is 4.90 Å². The highest BCUT2D eigenvalue weighted by Crippen LogP contribution is 2.30. The van der Waals surface area contributed by atoms with Gasteiger partial charge in [0, 0.05) is 12.6 Å². The summed E-state index contributed by atoms with van der Waals surface area (Å²) in [6, 6.07) is 14.1. The molecular weight excluding hydrogens is 384 g/mol. The molecule has 5 nitrogen and oxygen atoms in total. The van der Waals surface area contributed by atoms with E-state index in [9.17, 15) is 13.2 Å². The number of rotatable bonds is 4. The summed E-state index contributed by atoms with van der Waals surface area (Å²) in [5, 5.41) is 3.14. The number of nitrogens with one attached hydrogen (secondary N) is 1. The van der Waals surface area contributed by atoms with Crippen LogP contribution < -0.4 is 5.32 Å². The summed E-state index contributed by atoms with van der Waals surface area (Å²) in [4.78, 5) is 13.4. The first-order chi connectivity index (χ1) is 13.9. The molecule has 0 saturated heterocycles. The molecule has 0 spiro atoms. The standard InChI is InChI=1S/C23H28N2O3S/c1-17-11-13-21(14-12-17)29(27,28)25-16-19-8-6-5-7-18(19)15-22(25)23(26)24-20-9-3-2-4-10-20/h5-8,11-14,20,22H,2-4,9-10,15-16H2,1H3,(H,24,26). The topological polar surface area (TPSA) is 66.5 Å². The maximum Gasteiger partial charge on any atom is 0.244 e. The number of sulfonamides is 1. The van der Waals surface area contributed by atoms with E-state index in [1.54, 1.807) is 24.3 Å². The van der Waals surface area contributed by atoms with E-state index in [-0.39, 0.29) is 23.4 Å². The zero-order chi connectivity index (χ0) is 20.4. The van der Waals surface area contributed by atoms with Gasteiger partial charge in [-0.05, 0) is 49.4 Å². The number of hydrogen-bond acceptors (Lipinski definition) is 3. The van der Waals surface area contributed by atoms with Crippen molar-refractivity contribution in [3.63, 3.8) is 0 Å². The fraction of sp³-hybridized carbons (Fsp3) is 0.435. The molecule has 1 heterocycles. The Balaban J connectivity index is 1.66. The highest BCUT2D eigenvalue weighted by Gasteiger charge is 2.40. The van der Waals surface area contributed by atoms with E-state index < -0.39 is 16.1 Å². The molecule has 1 saturated carbocycles. The first-order valence-corrected chi connectivity index (χ1v) is 11.8. The van der Waals surface area contributed by atoms with Gasteiger partial charge in [-0.2, -0.15) is 4.31 Å². The van der Waals surface area contributed by atoms with Gasteiger partial charge >= 0.3 is 0 Å². The van der Waals surface area contributed by atoms with Crippen LogP contribution in [0.3, 0.4) is 0 Å². The smallest absolute Gasteiger partial charge is 0.244 e. The number of aryl methyl sites for hydroxylation is 1. The van der Waals surface area contributed by atoms with Crippen LogP contribution in [0.25, 0.3) is 0 Å². The molecule has 1 N–H and O–H groups in total. The Morgan fingerprint density at radius 1 is 0.966 bits per heavy atom. The lowest BCUT2D eigenvalue weighted by molar-refractivity contribution is -0.126. The van der Waals surface area contributed by atoms with Crippen molar-refractivity contribution < 1.29 is 13.2 Å². The van der Waals surface area contributed by atoms with E-state index in [0.29, 0.717) is 6.42 Å². The van der Waals surface area contributed by atoms with Crippen LogP contribution in [0.15, 0.2) is 53.4 Å². The quantitative estimate of drug-likeness (QED) is 0.835. The van der Waals surface area contributed by atoms with Crippen LogP contribution in [0.2, 0.25) is 0 Å². The Hall–Kier alpha value is -2.18. The SMILES string of the molecule is Cc1ccc(S(=O)(=O)N2Cc3ccccc3CC2C(=O)NC2CCCCC2)cc1. The molecule has 29 heavy (non-hydrogen) atoms. The summed E-state index contributed by atoms with van der Waals surface area (Å²) < 4.78 is 28.3. The first kappa shape index (κ1) is 20.1. The minimum absolute atomic E-state index is 0.150. The number of nitrogens with zero attached hydrogens (tertiary/aromatic N) is 1. The molecule has 0 radical (unpaired) electrons. The highest BCUT2D eigenvalue weighted by molar-refractivity contribution is 7.89. The molecule has 0 aromatic heterocycles. The van der Waals surface area contributed by atoms with E-state index in [0.717, 1.165) is 42.4 Å². The van der Waals surface area contributed by atoms with E-state index >= 15 is 0 Å². The molecule has 0 bridgehead atoms. The van der Waals surface area contributed by atoms with Gasteiger partial charge in [0.1, 0.15) is 6.04 Å². The molecule has 1 amide bonds. The van der Waals surface area contributed by atoms with Gasteiger partial charge in [0.2, 0.25) is 15.9 Å². The van der Waals surface area contributed by atoms with Gasteiger partial charge in [-0.3, -0.25) is 4.79 Å². The molecule has 2 aromatic rings. The van der Waals surface area contributed by atoms with Crippen molar-refractivity contribution in [2.75, 3.05) is 0 Å². The Kier molecular flexibility index (Phi) is 5.74. The zero-order valence-electron chi connectivity index (χ0n) is 16.8. The van der Waals surface area contributed by atoms with Gasteiger partial charge < -0.3 is 5.32 Å². The fourth-order valence-electron chi connectivity index (χ4n) is 4.36. The van der Waals surface area contributed by atoms with Crippen molar-refractivity contribution in [3.05, 3.63) is 65.2 Å². The molecule has 1 unspecified atom stereocenters.